The van der Waals surface area contributed by atoms with E-state index in [1.54, 1.807) is 19.5 Å². The maximum Gasteiger partial charge on any atom is 0.197 e. The second-order valence-corrected chi connectivity index (χ2v) is 6.27. The molecular formula is C17H15N5OS. The Kier molecular flexibility index (Phi) is 4.77. The summed E-state index contributed by atoms with van der Waals surface area (Å²) in [5, 5.41) is 18.1. The van der Waals surface area contributed by atoms with Crippen molar-refractivity contribution < 1.29 is 4.74 Å². The van der Waals surface area contributed by atoms with Crippen LogP contribution in [0.4, 0.5) is 0 Å². The molecule has 0 amide bonds. The van der Waals surface area contributed by atoms with Gasteiger partial charge in [0.1, 0.15) is 5.75 Å². The number of aromatic nitrogens is 4. The summed E-state index contributed by atoms with van der Waals surface area (Å²) in [4.78, 5) is 4.04. The molecule has 0 spiro atoms. The van der Waals surface area contributed by atoms with Crippen molar-refractivity contribution in [2.75, 3.05) is 7.11 Å². The van der Waals surface area contributed by atoms with Gasteiger partial charge in [-0.25, -0.2) is 0 Å². The third-order valence-electron chi connectivity index (χ3n) is 3.37. The summed E-state index contributed by atoms with van der Waals surface area (Å²) in [6, 6.07) is 13.6. The van der Waals surface area contributed by atoms with E-state index in [9.17, 15) is 0 Å². The third kappa shape index (κ3) is 3.24. The Bertz CT molecular complexity index is 855. The van der Waals surface area contributed by atoms with E-state index in [0.29, 0.717) is 11.0 Å². The number of methoxy groups -OCH3 is 1. The lowest BCUT2D eigenvalue weighted by molar-refractivity contribution is 0.414. The lowest BCUT2D eigenvalue weighted by Gasteiger charge is -2.11. The fourth-order valence-electron chi connectivity index (χ4n) is 2.18. The fourth-order valence-corrected chi connectivity index (χ4v) is 2.94. The number of nitriles is 1. The first-order chi connectivity index (χ1) is 11.7. The molecule has 0 N–H and O–H groups in total. The average molecular weight is 337 g/mol. The summed E-state index contributed by atoms with van der Waals surface area (Å²) in [5.74, 6) is 1.48. The molecule has 3 aromatic rings. The van der Waals surface area contributed by atoms with Gasteiger partial charge in [0.05, 0.1) is 18.4 Å². The first-order valence-corrected chi connectivity index (χ1v) is 8.17. The minimum atomic E-state index is -0.225. The molecule has 0 saturated heterocycles. The van der Waals surface area contributed by atoms with E-state index in [1.807, 2.05) is 47.9 Å². The molecule has 0 aliphatic heterocycles. The van der Waals surface area contributed by atoms with Crippen LogP contribution >= 0.6 is 11.8 Å². The predicted molar refractivity (Wildman–Crippen MR) is 92.1 cm³/mol. The average Bonchev–Trinajstić information content (AvgIpc) is 3.05. The van der Waals surface area contributed by atoms with Crippen LogP contribution in [0.1, 0.15) is 6.92 Å². The van der Waals surface area contributed by atoms with Crippen molar-refractivity contribution in [3.05, 3.63) is 48.8 Å². The molecule has 0 saturated carbocycles. The molecule has 2 heterocycles. The Hall–Kier alpha value is -2.85. The smallest absolute Gasteiger partial charge is 0.197 e. The summed E-state index contributed by atoms with van der Waals surface area (Å²) < 4.78 is 7.15. The van der Waals surface area contributed by atoms with Crippen LogP contribution in [0.15, 0.2) is 53.9 Å². The number of benzene rings is 1. The van der Waals surface area contributed by atoms with Crippen LogP contribution in [0.25, 0.3) is 17.1 Å². The van der Waals surface area contributed by atoms with Gasteiger partial charge >= 0.3 is 0 Å². The highest BCUT2D eigenvalue weighted by Gasteiger charge is 2.18. The van der Waals surface area contributed by atoms with Crippen LogP contribution in [0.3, 0.4) is 0 Å². The van der Waals surface area contributed by atoms with E-state index in [0.717, 1.165) is 17.0 Å². The van der Waals surface area contributed by atoms with E-state index in [2.05, 4.69) is 21.3 Å². The molecule has 120 valence electrons. The first-order valence-electron chi connectivity index (χ1n) is 7.29. The molecule has 1 atom stereocenters. The molecule has 0 bridgehead atoms. The molecule has 0 radical (unpaired) electrons. The number of hydrogen-bond donors (Lipinski definition) is 0. The number of pyridine rings is 1. The standard InChI is InChI=1S/C17H15N5OS/c1-12(11-18)24-17-21-20-16(13-7-9-19-10-8-13)22(17)14-3-5-15(23-2)6-4-14/h3-10,12H,1-2H3. The predicted octanol–water partition coefficient (Wildman–Crippen LogP) is 3.34. The zero-order chi connectivity index (χ0) is 16.9. The summed E-state index contributed by atoms with van der Waals surface area (Å²) >= 11 is 1.37. The van der Waals surface area contributed by atoms with Gasteiger partial charge in [-0.05, 0) is 43.3 Å². The highest BCUT2D eigenvalue weighted by molar-refractivity contribution is 8.00. The summed E-state index contributed by atoms with van der Waals surface area (Å²) in [6.07, 6.45) is 3.43. The normalized spacial score (nSPS) is 11.7. The Balaban J connectivity index is 2.12. The molecule has 1 aromatic carbocycles. The second-order valence-electron chi connectivity index (χ2n) is 4.96. The van der Waals surface area contributed by atoms with Crippen LogP contribution in [-0.2, 0) is 0 Å². The van der Waals surface area contributed by atoms with Crippen molar-refractivity contribution in [2.45, 2.75) is 17.3 Å². The van der Waals surface area contributed by atoms with Gasteiger partial charge in [0.25, 0.3) is 0 Å². The first kappa shape index (κ1) is 16.0. The molecule has 0 fully saturated rings. The van der Waals surface area contributed by atoms with E-state index in [-0.39, 0.29) is 5.25 Å². The van der Waals surface area contributed by atoms with Crippen LogP contribution in [0.5, 0.6) is 5.75 Å². The maximum atomic E-state index is 9.10. The van der Waals surface area contributed by atoms with Gasteiger partial charge in [0.15, 0.2) is 11.0 Å². The topological polar surface area (TPSA) is 76.6 Å². The van der Waals surface area contributed by atoms with Crippen molar-refractivity contribution in [2.24, 2.45) is 0 Å². The molecule has 2 aromatic heterocycles. The zero-order valence-corrected chi connectivity index (χ0v) is 14.1. The van der Waals surface area contributed by atoms with Gasteiger partial charge in [-0.3, -0.25) is 9.55 Å². The molecule has 24 heavy (non-hydrogen) atoms. The highest BCUT2D eigenvalue weighted by atomic mass is 32.2. The summed E-state index contributed by atoms with van der Waals surface area (Å²) in [6.45, 7) is 1.84. The molecular weight excluding hydrogens is 322 g/mol. The number of rotatable bonds is 5. The van der Waals surface area contributed by atoms with Crippen molar-refractivity contribution in [3.8, 4) is 28.9 Å². The lowest BCUT2D eigenvalue weighted by atomic mass is 10.2. The Morgan fingerprint density at radius 2 is 1.83 bits per heavy atom. The number of ether oxygens (including phenoxy) is 1. The summed E-state index contributed by atoms with van der Waals surface area (Å²) in [5.41, 5.74) is 1.81. The van der Waals surface area contributed by atoms with Gasteiger partial charge in [-0.2, -0.15) is 5.26 Å². The van der Waals surface area contributed by atoms with Crippen molar-refractivity contribution in [1.29, 1.82) is 5.26 Å². The molecule has 7 heteroatoms. The van der Waals surface area contributed by atoms with E-state index in [1.165, 1.54) is 11.8 Å². The van der Waals surface area contributed by atoms with Gasteiger partial charge in [0.2, 0.25) is 0 Å². The van der Waals surface area contributed by atoms with Crippen LogP contribution in [0, 0.1) is 11.3 Å². The third-order valence-corrected chi connectivity index (χ3v) is 4.30. The SMILES string of the molecule is COc1ccc(-n2c(SC(C)C#N)nnc2-c2ccncc2)cc1. The largest absolute Gasteiger partial charge is 0.497 e. The van der Waals surface area contributed by atoms with Gasteiger partial charge in [0, 0.05) is 23.6 Å². The highest BCUT2D eigenvalue weighted by Crippen LogP contribution is 2.30. The van der Waals surface area contributed by atoms with Gasteiger partial charge in [-0.15, -0.1) is 10.2 Å². The van der Waals surface area contributed by atoms with Gasteiger partial charge < -0.3 is 4.74 Å². The van der Waals surface area contributed by atoms with Crippen molar-refractivity contribution in [3.63, 3.8) is 0 Å². The van der Waals surface area contributed by atoms with Crippen LogP contribution < -0.4 is 4.74 Å². The summed E-state index contributed by atoms with van der Waals surface area (Å²) in [7, 11) is 1.63. The molecule has 1 unspecified atom stereocenters. The van der Waals surface area contributed by atoms with Crippen LogP contribution in [0.2, 0.25) is 0 Å². The molecule has 0 aliphatic rings. The van der Waals surface area contributed by atoms with E-state index >= 15 is 0 Å². The van der Waals surface area contributed by atoms with Crippen molar-refractivity contribution >= 4 is 11.8 Å². The minimum Gasteiger partial charge on any atom is -0.497 e. The van der Waals surface area contributed by atoms with E-state index in [4.69, 9.17) is 10.00 Å². The number of thioether (sulfide) groups is 1. The minimum absolute atomic E-state index is 0.225. The lowest BCUT2D eigenvalue weighted by Crippen LogP contribution is -2.02. The second kappa shape index (κ2) is 7.15. The monoisotopic (exact) mass is 337 g/mol. The Labute approximate surface area is 144 Å². The maximum absolute atomic E-state index is 9.10. The molecule has 6 nitrogen and oxygen atoms in total. The Morgan fingerprint density at radius 3 is 2.46 bits per heavy atom. The van der Waals surface area contributed by atoms with Gasteiger partial charge in [-0.1, -0.05) is 11.8 Å². The number of hydrogen-bond acceptors (Lipinski definition) is 6. The fraction of sp³-hybridized carbons (Fsp3) is 0.176. The Morgan fingerprint density at radius 1 is 1.12 bits per heavy atom. The zero-order valence-electron chi connectivity index (χ0n) is 13.2. The quantitative estimate of drug-likeness (QED) is 0.665. The number of nitrogens with zero attached hydrogens (tertiary/aromatic N) is 5. The molecule has 3 rings (SSSR count). The van der Waals surface area contributed by atoms with E-state index < -0.39 is 0 Å². The molecule has 0 aliphatic carbocycles. The van der Waals surface area contributed by atoms with Crippen molar-refractivity contribution in [1.82, 2.24) is 19.7 Å². The van der Waals surface area contributed by atoms with Crippen LogP contribution in [-0.4, -0.2) is 32.1 Å².